The summed E-state index contributed by atoms with van der Waals surface area (Å²) in [5.41, 5.74) is 7.54. The third-order valence-electron chi connectivity index (χ3n) is 5.34. The van der Waals surface area contributed by atoms with Crippen LogP contribution in [0.4, 0.5) is 13.2 Å². The van der Waals surface area contributed by atoms with Crippen molar-refractivity contribution in [2.75, 3.05) is 0 Å². The summed E-state index contributed by atoms with van der Waals surface area (Å²) in [6, 6.07) is 17.8. The zero-order valence-corrected chi connectivity index (χ0v) is 16.9. The minimum absolute atomic E-state index is 0.108. The zero-order chi connectivity index (χ0) is 22.9. The van der Waals surface area contributed by atoms with Crippen molar-refractivity contribution >= 4 is 18.4 Å². The van der Waals surface area contributed by atoms with Crippen LogP contribution in [0.25, 0.3) is 0 Å². The molecule has 3 aromatic carbocycles. The molecular formula is C23H20BF3N2O3. The molecule has 4 rings (SSSR count). The molecule has 9 heteroatoms. The van der Waals surface area contributed by atoms with Crippen LogP contribution >= 0.6 is 0 Å². The number of nitrogens with one attached hydrogen (secondary N) is 1. The van der Waals surface area contributed by atoms with Crippen molar-refractivity contribution in [1.29, 1.82) is 5.41 Å². The fourth-order valence-corrected chi connectivity index (χ4v) is 3.68. The summed E-state index contributed by atoms with van der Waals surface area (Å²) in [6.45, 7) is 0.266. The highest BCUT2D eigenvalue weighted by Crippen LogP contribution is 2.33. The summed E-state index contributed by atoms with van der Waals surface area (Å²) in [6.07, 6.45) is -4.82. The van der Waals surface area contributed by atoms with E-state index < -0.39 is 25.0 Å². The first-order chi connectivity index (χ1) is 15.2. The molecule has 1 aliphatic heterocycles. The molecular weight excluding hydrogens is 420 g/mol. The van der Waals surface area contributed by atoms with Gasteiger partial charge in [-0.3, -0.25) is 5.41 Å². The van der Waals surface area contributed by atoms with Crippen molar-refractivity contribution in [3.63, 3.8) is 0 Å². The van der Waals surface area contributed by atoms with E-state index in [1.807, 2.05) is 30.3 Å². The van der Waals surface area contributed by atoms with Crippen molar-refractivity contribution < 1.29 is 27.6 Å². The molecule has 1 aliphatic rings. The van der Waals surface area contributed by atoms with Gasteiger partial charge < -0.3 is 20.1 Å². The Morgan fingerprint density at radius 3 is 2.56 bits per heavy atom. The van der Waals surface area contributed by atoms with Crippen LogP contribution < -0.4 is 15.9 Å². The minimum atomic E-state index is -4.50. The standard InChI is InChI=1S/C23H20BF3N2O3/c25-23(26,27)17-8-6-15-10-20(32-24(30)19(15)12-17)16-7-9-18(22(28)29)21(11-16)31-13-14-4-2-1-3-5-14/h1-9,11-12,20,30H,10,13H2,(H3,28,29)/t20-/m0/s1. The second-order valence-corrected chi connectivity index (χ2v) is 7.54. The number of nitrogen functional groups attached to an aromatic ring is 1. The maximum Gasteiger partial charge on any atom is 0.491 e. The summed E-state index contributed by atoms with van der Waals surface area (Å²) >= 11 is 0. The first-order valence-electron chi connectivity index (χ1n) is 9.91. The van der Waals surface area contributed by atoms with Gasteiger partial charge in [-0.1, -0.05) is 42.5 Å². The van der Waals surface area contributed by atoms with E-state index >= 15 is 0 Å². The minimum Gasteiger partial charge on any atom is -0.488 e. The third kappa shape index (κ3) is 4.63. The van der Waals surface area contributed by atoms with Crippen LogP contribution in [0.1, 0.15) is 33.9 Å². The Labute approximate surface area is 183 Å². The molecule has 0 aromatic heterocycles. The maximum absolute atomic E-state index is 13.0. The van der Waals surface area contributed by atoms with Crippen molar-refractivity contribution in [3.05, 3.63) is 94.5 Å². The number of ether oxygens (including phenoxy) is 1. The van der Waals surface area contributed by atoms with E-state index in [0.717, 1.165) is 17.7 Å². The van der Waals surface area contributed by atoms with E-state index in [9.17, 15) is 18.2 Å². The number of hydrogen-bond acceptors (Lipinski definition) is 4. The molecule has 0 fully saturated rings. The van der Waals surface area contributed by atoms with E-state index in [4.69, 9.17) is 20.5 Å². The highest BCUT2D eigenvalue weighted by atomic mass is 19.4. The molecule has 0 bridgehead atoms. The van der Waals surface area contributed by atoms with Gasteiger partial charge in [0.25, 0.3) is 0 Å². The van der Waals surface area contributed by atoms with Gasteiger partial charge >= 0.3 is 13.3 Å². The number of rotatable bonds is 5. The number of amidine groups is 1. The van der Waals surface area contributed by atoms with Gasteiger partial charge in [0, 0.05) is 6.42 Å². The van der Waals surface area contributed by atoms with Crippen molar-refractivity contribution in [2.24, 2.45) is 5.73 Å². The Hall–Kier alpha value is -3.30. The summed E-state index contributed by atoms with van der Waals surface area (Å²) in [7, 11) is -1.49. The molecule has 0 aliphatic carbocycles. The lowest BCUT2D eigenvalue weighted by atomic mass is 9.71. The molecule has 0 radical (unpaired) electrons. The van der Waals surface area contributed by atoms with E-state index in [-0.39, 0.29) is 24.3 Å². The number of hydrogen-bond donors (Lipinski definition) is 3. The SMILES string of the molecule is N=C(N)c1ccc([C@@H]2Cc3ccc(C(F)(F)F)cc3B(O)O2)cc1OCc1ccccc1. The zero-order valence-electron chi connectivity index (χ0n) is 16.9. The van der Waals surface area contributed by atoms with Crippen molar-refractivity contribution in [2.45, 2.75) is 25.3 Å². The Bertz CT molecular complexity index is 1140. The quantitative estimate of drug-likeness (QED) is 0.322. The monoisotopic (exact) mass is 440 g/mol. The van der Waals surface area contributed by atoms with Crippen molar-refractivity contribution in [3.8, 4) is 5.75 Å². The second kappa shape index (κ2) is 8.68. The van der Waals surface area contributed by atoms with E-state index in [0.29, 0.717) is 22.4 Å². The molecule has 0 saturated carbocycles. The summed E-state index contributed by atoms with van der Waals surface area (Å²) < 4.78 is 50.6. The molecule has 0 unspecified atom stereocenters. The molecule has 1 heterocycles. The fourth-order valence-electron chi connectivity index (χ4n) is 3.68. The molecule has 0 saturated heterocycles. The van der Waals surface area contributed by atoms with Gasteiger partial charge in [-0.2, -0.15) is 13.2 Å². The smallest absolute Gasteiger partial charge is 0.488 e. The normalized spacial score (nSPS) is 15.9. The molecule has 4 N–H and O–H groups in total. The van der Waals surface area contributed by atoms with Crippen LogP contribution in [-0.4, -0.2) is 18.0 Å². The van der Waals surface area contributed by atoms with Gasteiger partial charge in [-0.25, -0.2) is 0 Å². The van der Waals surface area contributed by atoms with Crippen LogP contribution in [0.2, 0.25) is 0 Å². The maximum atomic E-state index is 13.0. The number of alkyl halides is 3. The van der Waals surface area contributed by atoms with Gasteiger partial charge in [0.15, 0.2) is 0 Å². The summed E-state index contributed by atoms with van der Waals surface area (Å²) in [5, 5.41) is 18.2. The molecule has 0 amide bonds. The third-order valence-corrected chi connectivity index (χ3v) is 5.34. The average molecular weight is 440 g/mol. The molecule has 5 nitrogen and oxygen atoms in total. The van der Waals surface area contributed by atoms with Crippen LogP contribution in [-0.2, 0) is 23.9 Å². The van der Waals surface area contributed by atoms with Crippen LogP contribution in [0.5, 0.6) is 5.75 Å². The largest absolute Gasteiger partial charge is 0.491 e. The summed E-state index contributed by atoms with van der Waals surface area (Å²) in [4.78, 5) is 0. The second-order valence-electron chi connectivity index (χ2n) is 7.54. The molecule has 1 atom stereocenters. The highest BCUT2D eigenvalue weighted by Gasteiger charge is 2.36. The Balaban J connectivity index is 1.60. The van der Waals surface area contributed by atoms with E-state index in [2.05, 4.69) is 0 Å². The van der Waals surface area contributed by atoms with E-state index in [1.165, 1.54) is 6.07 Å². The predicted molar refractivity (Wildman–Crippen MR) is 115 cm³/mol. The van der Waals surface area contributed by atoms with Gasteiger partial charge in [-0.15, -0.1) is 0 Å². The average Bonchev–Trinajstić information content (AvgIpc) is 2.77. The number of fused-ring (bicyclic) bond motifs is 1. The molecule has 164 valence electrons. The van der Waals surface area contributed by atoms with Gasteiger partial charge in [-0.05, 0) is 46.4 Å². The van der Waals surface area contributed by atoms with E-state index in [1.54, 1.807) is 18.2 Å². The lowest BCUT2D eigenvalue weighted by molar-refractivity contribution is -0.137. The number of benzene rings is 3. The lowest BCUT2D eigenvalue weighted by Gasteiger charge is -2.29. The first kappa shape index (κ1) is 21.9. The van der Waals surface area contributed by atoms with Gasteiger partial charge in [0.2, 0.25) is 0 Å². The molecule has 32 heavy (non-hydrogen) atoms. The number of nitrogens with two attached hydrogens (primary N) is 1. The molecule has 3 aromatic rings. The lowest BCUT2D eigenvalue weighted by Crippen LogP contribution is -2.43. The van der Waals surface area contributed by atoms with Crippen LogP contribution in [0, 0.1) is 5.41 Å². The van der Waals surface area contributed by atoms with Gasteiger partial charge in [0.1, 0.15) is 18.2 Å². The predicted octanol–water partition coefficient (Wildman–Crippen LogP) is 3.57. The first-order valence-corrected chi connectivity index (χ1v) is 9.91. The Morgan fingerprint density at radius 1 is 1.12 bits per heavy atom. The Kier molecular flexibility index (Phi) is 5.95. The highest BCUT2D eigenvalue weighted by molar-refractivity contribution is 6.61. The topological polar surface area (TPSA) is 88.6 Å². The van der Waals surface area contributed by atoms with Crippen LogP contribution in [0.15, 0.2) is 66.7 Å². The fraction of sp³-hybridized carbons (Fsp3) is 0.174. The van der Waals surface area contributed by atoms with Gasteiger partial charge in [0.05, 0.1) is 17.2 Å². The summed E-state index contributed by atoms with van der Waals surface area (Å²) in [5.74, 6) is 0.226. The number of halogens is 3. The van der Waals surface area contributed by atoms with Crippen molar-refractivity contribution in [1.82, 2.24) is 0 Å². The van der Waals surface area contributed by atoms with Crippen LogP contribution in [0.3, 0.4) is 0 Å². The Morgan fingerprint density at radius 2 is 1.88 bits per heavy atom. The molecule has 0 spiro atoms.